The smallest absolute Gasteiger partial charge is 0.269 e. The zero-order chi connectivity index (χ0) is 17.3. The first-order valence-corrected chi connectivity index (χ1v) is 8.44. The molecule has 130 valence electrons. The number of rotatable bonds is 4. The lowest BCUT2D eigenvalue weighted by atomic mass is 9.81. The number of amides is 1. The second kappa shape index (κ2) is 6.39. The number of aromatic amines is 1. The van der Waals surface area contributed by atoms with E-state index in [1.54, 1.807) is 6.07 Å². The molecule has 0 saturated carbocycles. The summed E-state index contributed by atoms with van der Waals surface area (Å²) in [6.45, 7) is 8.90. The molecule has 3 N–H and O–H groups in total. The van der Waals surface area contributed by atoms with Crippen LogP contribution in [0.4, 0.5) is 0 Å². The van der Waals surface area contributed by atoms with Gasteiger partial charge in [-0.3, -0.25) is 14.6 Å². The van der Waals surface area contributed by atoms with Gasteiger partial charge in [-0.1, -0.05) is 6.92 Å². The Hall–Kier alpha value is -2.15. The number of carbonyl (C=O) groups is 1. The molecule has 1 saturated heterocycles. The molecule has 0 radical (unpaired) electrons. The number of nitrogens with zero attached hydrogens (tertiary/aromatic N) is 3. The summed E-state index contributed by atoms with van der Waals surface area (Å²) in [7, 11) is 1.91. The summed E-state index contributed by atoms with van der Waals surface area (Å²) < 4.78 is 1.83. The van der Waals surface area contributed by atoms with Gasteiger partial charge in [-0.15, -0.1) is 0 Å². The van der Waals surface area contributed by atoms with E-state index in [0.29, 0.717) is 12.2 Å². The van der Waals surface area contributed by atoms with Gasteiger partial charge in [0.1, 0.15) is 5.69 Å². The molecule has 0 atom stereocenters. The lowest BCUT2D eigenvalue weighted by molar-refractivity contribution is 0.0917. The van der Waals surface area contributed by atoms with E-state index < -0.39 is 0 Å². The maximum atomic E-state index is 12.4. The quantitative estimate of drug-likeness (QED) is 0.794. The van der Waals surface area contributed by atoms with Gasteiger partial charge < -0.3 is 10.6 Å². The van der Waals surface area contributed by atoms with Gasteiger partial charge in [-0.2, -0.15) is 10.2 Å². The van der Waals surface area contributed by atoms with Crippen molar-refractivity contribution in [3.05, 3.63) is 23.1 Å². The van der Waals surface area contributed by atoms with Crippen molar-refractivity contribution in [2.45, 2.75) is 33.6 Å². The first kappa shape index (κ1) is 16.7. The van der Waals surface area contributed by atoms with Gasteiger partial charge in [0.05, 0.1) is 11.4 Å². The largest absolute Gasteiger partial charge is 0.350 e. The Morgan fingerprint density at radius 2 is 2.08 bits per heavy atom. The van der Waals surface area contributed by atoms with Gasteiger partial charge in [0.25, 0.3) is 5.91 Å². The molecule has 24 heavy (non-hydrogen) atoms. The molecule has 1 fully saturated rings. The van der Waals surface area contributed by atoms with E-state index in [1.807, 2.05) is 25.6 Å². The number of piperidine rings is 1. The molecule has 0 bridgehead atoms. The van der Waals surface area contributed by atoms with Crippen LogP contribution in [0.3, 0.4) is 0 Å². The second-order valence-corrected chi connectivity index (χ2v) is 7.08. The lowest BCUT2D eigenvalue weighted by Crippen LogP contribution is -2.42. The van der Waals surface area contributed by atoms with Crippen molar-refractivity contribution in [2.75, 3.05) is 19.6 Å². The number of hydrogen-bond donors (Lipinski definition) is 3. The van der Waals surface area contributed by atoms with Crippen molar-refractivity contribution in [3.63, 3.8) is 0 Å². The molecular weight excluding hydrogens is 304 g/mol. The van der Waals surface area contributed by atoms with Gasteiger partial charge in [0.15, 0.2) is 0 Å². The summed E-state index contributed by atoms with van der Waals surface area (Å²) in [5.41, 5.74) is 4.35. The van der Waals surface area contributed by atoms with E-state index in [-0.39, 0.29) is 11.3 Å². The maximum Gasteiger partial charge on any atom is 0.269 e. The third-order valence-electron chi connectivity index (χ3n) is 5.07. The fraction of sp³-hybridized carbons (Fsp3) is 0.588. The van der Waals surface area contributed by atoms with Crippen LogP contribution in [0.5, 0.6) is 0 Å². The average Bonchev–Trinajstić information content (AvgIpc) is 3.11. The highest BCUT2D eigenvalue weighted by Gasteiger charge is 2.27. The monoisotopic (exact) mass is 330 g/mol. The molecule has 3 rings (SSSR count). The Bertz CT molecular complexity index is 738. The number of hydrogen-bond acceptors (Lipinski definition) is 4. The predicted octanol–water partition coefficient (Wildman–Crippen LogP) is 1.55. The first-order valence-electron chi connectivity index (χ1n) is 8.44. The van der Waals surface area contributed by atoms with Crippen LogP contribution in [0.15, 0.2) is 6.07 Å². The molecule has 0 aliphatic carbocycles. The Balaban J connectivity index is 1.70. The van der Waals surface area contributed by atoms with Crippen LogP contribution in [0, 0.1) is 19.3 Å². The highest BCUT2D eigenvalue weighted by molar-refractivity contribution is 5.93. The van der Waals surface area contributed by atoms with Gasteiger partial charge >= 0.3 is 0 Å². The SMILES string of the molecule is Cc1nn(C)c(C)c1-c1cc(C(=O)NCC2(C)CCNCC2)[nH]n1. The lowest BCUT2D eigenvalue weighted by Gasteiger charge is -2.34. The molecule has 1 aliphatic heterocycles. The zero-order valence-electron chi connectivity index (χ0n) is 14.9. The van der Waals surface area contributed by atoms with Crippen LogP contribution in [-0.4, -0.2) is 45.5 Å². The standard InChI is InChI=1S/C17H26N6O/c1-11-15(12(2)23(4)22-11)13-9-14(21-20-13)16(24)19-10-17(3)5-7-18-8-6-17/h9,18H,5-8,10H2,1-4H3,(H,19,24)(H,20,21). The van der Waals surface area contributed by atoms with Crippen molar-refractivity contribution in [1.82, 2.24) is 30.6 Å². The molecule has 0 aromatic carbocycles. The molecule has 3 heterocycles. The van der Waals surface area contributed by atoms with Crippen molar-refractivity contribution >= 4 is 5.91 Å². The fourth-order valence-corrected chi connectivity index (χ4v) is 3.31. The van der Waals surface area contributed by atoms with E-state index in [4.69, 9.17) is 0 Å². The van der Waals surface area contributed by atoms with Crippen LogP contribution in [-0.2, 0) is 7.05 Å². The Labute approximate surface area is 142 Å². The topological polar surface area (TPSA) is 87.6 Å². The second-order valence-electron chi connectivity index (χ2n) is 7.08. The number of carbonyl (C=O) groups excluding carboxylic acids is 1. The van der Waals surface area contributed by atoms with Crippen LogP contribution in [0.1, 0.15) is 41.6 Å². The molecule has 2 aromatic rings. The number of H-pyrrole nitrogens is 1. The normalized spacial score (nSPS) is 17.0. The molecule has 2 aromatic heterocycles. The number of nitrogens with one attached hydrogen (secondary N) is 3. The van der Waals surface area contributed by atoms with E-state index in [0.717, 1.165) is 48.6 Å². The van der Waals surface area contributed by atoms with Crippen LogP contribution >= 0.6 is 0 Å². The summed E-state index contributed by atoms with van der Waals surface area (Å²) in [4.78, 5) is 12.4. The van der Waals surface area contributed by atoms with E-state index in [1.165, 1.54) is 0 Å². The minimum atomic E-state index is -0.104. The van der Waals surface area contributed by atoms with Crippen LogP contribution in [0.25, 0.3) is 11.3 Å². The van der Waals surface area contributed by atoms with E-state index in [9.17, 15) is 4.79 Å². The summed E-state index contributed by atoms with van der Waals surface area (Å²) in [6.07, 6.45) is 2.16. The van der Waals surface area contributed by atoms with Crippen LogP contribution < -0.4 is 10.6 Å². The van der Waals surface area contributed by atoms with Gasteiger partial charge in [-0.05, 0) is 51.3 Å². The minimum Gasteiger partial charge on any atom is -0.350 e. The summed E-state index contributed by atoms with van der Waals surface area (Å²) in [5, 5.41) is 18.0. The van der Waals surface area contributed by atoms with Crippen molar-refractivity contribution in [1.29, 1.82) is 0 Å². The van der Waals surface area contributed by atoms with Crippen molar-refractivity contribution < 1.29 is 4.79 Å². The highest BCUT2D eigenvalue weighted by Crippen LogP contribution is 2.27. The Kier molecular flexibility index (Phi) is 4.45. The molecular formula is C17H26N6O. The van der Waals surface area contributed by atoms with E-state index in [2.05, 4.69) is 32.9 Å². The number of aromatic nitrogens is 4. The third-order valence-corrected chi connectivity index (χ3v) is 5.07. The van der Waals surface area contributed by atoms with E-state index >= 15 is 0 Å². The molecule has 7 nitrogen and oxygen atoms in total. The first-order chi connectivity index (χ1) is 11.4. The molecule has 7 heteroatoms. The number of aryl methyl sites for hydroxylation is 2. The van der Waals surface area contributed by atoms with Crippen molar-refractivity contribution in [3.8, 4) is 11.3 Å². The molecule has 1 amide bonds. The van der Waals surface area contributed by atoms with Gasteiger partial charge in [0.2, 0.25) is 0 Å². The summed E-state index contributed by atoms with van der Waals surface area (Å²) in [5.74, 6) is -0.104. The predicted molar refractivity (Wildman–Crippen MR) is 92.8 cm³/mol. The Morgan fingerprint density at radius 1 is 1.38 bits per heavy atom. The third kappa shape index (κ3) is 3.21. The highest BCUT2D eigenvalue weighted by atomic mass is 16.1. The minimum absolute atomic E-state index is 0.104. The molecule has 0 unspecified atom stereocenters. The average molecular weight is 330 g/mol. The zero-order valence-corrected chi connectivity index (χ0v) is 14.9. The van der Waals surface area contributed by atoms with Crippen molar-refractivity contribution in [2.24, 2.45) is 12.5 Å². The molecule has 1 aliphatic rings. The van der Waals surface area contributed by atoms with Gasteiger partial charge in [-0.25, -0.2) is 0 Å². The summed E-state index contributed by atoms with van der Waals surface area (Å²) >= 11 is 0. The molecule has 0 spiro atoms. The van der Waals surface area contributed by atoms with Gasteiger partial charge in [0, 0.05) is 24.8 Å². The Morgan fingerprint density at radius 3 is 2.71 bits per heavy atom. The fourth-order valence-electron chi connectivity index (χ4n) is 3.31. The van der Waals surface area contributed by atoms with Crippen LogP contribution in [0.2, 0.25) is 0 Å². The maximum absolute atomic E-state index is 12.4. The summed E-state index contributed by atoms with van der Waals surface area (Å²) in [6, 6.07) is 1.80.